The van der Waals surface area contributed by atoms with Crippen molar-refractivity contribution in [2.24, 2.45) is 0 Å². The molecule has 4 rings (SSSR count). The quantitative estimate of drug-likeness (QED) is 0.207. The van der Waals surface area contributed by atoms with E-state index in [1.807, 2.05) is 20.2 Å². The number of carbonyl (C=O) groups excluding carboxylic acids is 1. The predicted octanol–water partition coefficient (Wildman–Crippen LogP) is 5.46. The smallest absolute Gasteiger partial charge is 0.270 e. The molecule has 0 aliphatic carbocycles. The van der Waals surface area contributed by atoms with Gasteiger partial charge in [0.05, 0.1) is 24.0 Å². The number of hydrogen-bond acceptors (Lipinski definition) is 9. The average Bonchev–Trinajstić information content (AvgIpc) is 3.44. The van der Waals surface area contributed by atoms with Crippen molar-refractivity contribution in [3.63, 3.8) is 0 Å². The summed E-state index contributed by atoms with van der Waals surface area (Å²) in [6, 6.07) is 9.95. The second kappa shape index (κ2) is 11.2. The Balaban J connectivity index is 0.00000342. The van der Waals surface area contributed by atoms with E-state index in [9.17, 15) is 14.9 Å². The van der Waals surface area contributed by atoms with Gasteiger partial charge in [0, 0.05) is 28.8 Å². The van der Waals surface area contributed by atoms with Crippen LogP contribution in [-0.2, 0) is 0 Å². The first kappa shape index (κ1) is 26.6. The summed E-state index contributed by atoms with van der Waals surface area (Å²) in [5.41, 5.74) is 0.636. The molecule has 186 valence electrons. The van der Waals surface area contributed by atoms with Gasteiger partial charge < -0.3 is 14.4 Å². The zero-order chi connectivity index (χ0) is 24.4. The highest BCUT2D eigenvalue weighted by Gasteiger charge is 2.25. The molecular formula is C23H25ClN4O5S2. The number of benzene rings is 2. The van der Waals surface area contributed by atoms with E-state index in [0.717, 1.165) is 22.4 Å². The van der Waals surface area contributed by atoms with E-state index in [4.69, 9.17) is 14.5 Å². The topological polar surface area (TPSA) is 98.0 Å². The number of halogens is 1. The number of rotatable bonds is 9. The number of hydrogen-bond donors (Lipinski definition) is 0. The Morgan fingerprint density at radius 1 is 1.06 bits per heavy atom. The number of amides is 1. The van der Waals surface area contributed by atoms with Crippen LogP contribution in [0.4, 0.5) is 10.8 Å². The van der Waals surface area contributed by atoms with Crippen molar-refractivity contribution < 1.29 is 19.2 Å². The molecule has 0 aliphatic heterocycles. The van der Waals surface area contributed by atoms with Crippen LogP contribution >= 0.6 is 35.1 Å². The zero-order valence-corrected chi connectivity index (χ0v) is 22.1. The Hall–Kier alpha value is -2.99. The molecule has 9 nitrogen and oxygen atoms in total. The number of nitro benzene ring substituents is 1. The lowest BCUT2D eigenvalue weighted by Crippen LogP contribution is -2.32. The van der Waals surface area contributed by atoms with Gasteiger partial charge in [0.1, 0.15) is 21.7 Å². The first-order chi connectivity index (χ1) is 16.3. The highest BCUT2D eigenvalue weighted by atomic mass is 35.5. The molecule has 0 aliphatic rings. The van der Waals surface area contributed by atoms with Gasteiger partial charge in [-0.25, -0.2) is 4.98 Å². The normalized spacial score (nSPS) is 11.0. The molecule has 0 atom stereocenters. The molecule has 0 bridgehead atoms. The number of nitro groups is 1. The maximum absolute atomic E-state index is 13.7. The van der Waals surface area contributed by atoms with Crippen molar-refractivity contribution in [2.75, 3.05) is 46.3 Å². The summed E-state index contributed by atoms with van der Waals surface area (Å²) in [6.07, 6.45) is 0.749. The minimum atomic E-state index is -0.436. The summed E-state index contributed by atoms with van der Waals surface area (Å²) in [5.74, 6) is 1.07. The SMILES string of the molecule is COc1ccc(OC)c2sc(N(CCCN(C)C)C(=O)c3cc4cc([N+](=O)[O-])ccc4s3)nc12.Cl. The van der Waals surface area contributed by atoms with Crippen LogP contribution in [-0.4, -0.2) is 62.1 Å². The van der Waals surface area contributed by atoms with E-state index in [0.29, 0.717) is 39.0 Å². The molecule has 0 fully saturated rings. The summed E-state index contributed by atoms with van der Waals surface area (Å²) < 4.78 is 12.6. The molecule has 0 radical (unpaired) electrons. The monoisotopic (exact) mass is 536 g/mol. The lowest BCUT2D eigenvalue weighted by molar-refractivity contribution is -0.384. The van der Waals surface area contributed by atoms with E-state index in [-0.39, 0.29) is 24.0 Å². The first-order valence-corrected chi connectivity index (χ1v) is 12.1. The fourth-order valence-electron chi connectivity index (χ4n) is 3.60. The summed E-state index contributed by atoms with van der Waals surface area (Å²) in [5, 5.41) is 12.4. The second-order valence-electron chi connectivity index (χ2n) is 7.85. The largest absolute Gasteiger partial charge is 0.495 e. The van der Waals surface area contributed by atoms with Crippen LogP contribution < -0.4 is 14.4 Å². The van der Waals surface area contributed by atoms with Crippen LogP contribution in [0.25, 0.3) is 20.3 Å². The molecule has 2 aromatic carbocycles. The number of nitrogens with zero attached hydrogens (tertiary/aromatic N) is 4. The van der Waals surface area contributed by atoms with Crippen LogP contribution in [0.5, 0.6) is 11.5 Å². The highest BCUT2D eigenvalue weighted by Crippen LogP contribution is 2.41. The summed E-state index contributed by atoms with van der Waals surface area (Å²) in [6.45, 7) is 1.27. The molecule has 4 aromatic rings. The Morgan fingerprint density at radius 3 is 2.43 bits per heavy atom. The summed E-state index contributed by atoms with van der Waals surface area (Å²) in [4.78, 5) is 33.4. The number of thiazole rings is 1. The van der Waals surface area contributed by atoms with Crippen molar-refractivity contribution in [1.29, 1.82) is 0 Å². The van der Waals surface area contributed by atoms with Crippen molar-refractivity contribution >= 4 is 72.1 Å². The molecule has 0 N–H and O–H groups in total. The van der Waals surface area contributed by atoms with Crippen LogP contribution in [0.2, 0.25) is 0 Å². The number of methoxy groups -OCH3 is 2. The average molecular weight is 537 g/mol. The Morgan fingerprint density at radius 2 is 1.77 bits per heavy atom. The van der Waals surface area contributed by atoms with Gasteiger partial charge in [0.25, 0.3) is 11.6 Å². The van der Waals surface area contributed by atoms with Crippen LogP contribution in [0, 0.1) is 10.1 Å². The van der Waals surface area contributed by atoms with Crippen LogP contribution in [0.3, 0.4) is 0 Å². The summed E-state index contributed by atoms with van der Waals surface area (Å²) >= 11 is 2.69. The maximum atomic E-state index is 13.7. The van der Waals surface area contributed by atoms with Crippen molar-refractivity contribution in [3.05, 3.63) is 51.4 Å². The number of fused-ring (bicyclic) bond motifs is 2. The molecule has 2 aromatic heterocycles. The third-order valence-electron chi connectivity index (χ3n) is 5.28. The number of ether oxygens (including phenoxy) is 2. The van der Waals surface area contributed by atoms with Crippen LogP contribution in [0.1, 0.15) is 16.1 Å². The van der Waals surface area contributed by atoms with Crippen LogP contribution in [0.15, 0.2) is 36.4 Å². The van der Waals surface area contributed by atoms with Gasteiger partial charge in [-0.15, -0.1) is 23.7 Å². The molecular weight excluding hydrogens is 512 g/mol. The predicted molar refractivity (Wildman–Crippen MR) is 143 cm³/mol. The molecule has 0 saturated heterocycles. The fourth-order valence-corrected chi connectivity index (χ4v) is 5.69. The lowest BCUT2D eigenvalue weighted by Gasteiger charge is -2.20. The second-order valence-corrected chi connectivity index (χ2v) is 9.91. The maximum Gasteiger partial charge on any atom is 0.270 e. The van der Waals surface area contributed by atoms with Crippen molar-refractivity contribution in [2.45, 2.75) is 6.42 Å². The molecule has 0 saturated carbocycles. The molecule has 2 heterocycles. The van der Waals surface area contributed by atoms with E-state index < -0.39 is 4.92 Å². The van der Waals surface area contributed by atoms with E-state index >= 15 is 0 Å². The Kier molecular flexibility index (Phi) is 8.49. The van der Waals surface area contributed by atoms with E-state index in [1.165, 1.54) is 34.8 Å². The third kappa shape index (κ3) is 5.48. The Labute approximate surface area is 216 Å². The number of non-ortho nitro benzene ring substituents is 1. The number of carbonyl (C=O) groups is 1. The van der Waals surface area contributed by atoms with Gasteiger partial charge in [-0.2, -0.15) is 0 Å². The molecule has 35 heavy (non-hydrogen) atoms. The summed E-state index contributed by atoms with van der Waals surface area (Å²) in [7, 11) is 7.14. The molecule has 12 heteroatoms. The van der Waals surface area contributed by atoms with Gasteiger partial charge in [-0.1, -0.05) is 11.3 Å². The minimum absolute atomic E-state index is 0. The van der Waals surface area contributed by atoms with E-state index in [1.54, 1.807) is 37.3 Å². The van der Waals surface area contributed by atoms with Crippen molar-refractivity contribution in [3.8, 4) is 11.5 Å². The highest BCUT2D eigenvalue weighted by molar-refractivity contribution is 7.23. The zero-order valence-electron chi connectivity index (χ0n) is 19.6. The third-order valence-corrected chi connectivity index (χ3v) is 7.48. The number of thiophene rings is 1. The van der Waals surface area contributed by atoms with Gasteiger partial charge in [0.2, 0.25) is 0 Å². The number of anilines is 1. The van der Waals surface area contributed by atoms with Crippen molar-refractivity contribution in [1.82, 2.24) is 9.88 Å². The number of aromatic nitrogens is 1. The Bertz CT molecular complexity index is 1330. The molecule has 0 spiro atoms. The first-order valence-electron chi connectivity index (χ1n) is 10.5. The standard InChI is InChI=1S/C23H24N4O5S2.ClH/c1-25(2)10-5-11-26(23-24-20-16(31-3)7-8-17(32-4)21(20)34-23)22(28)19-13-14-12-15(27(29)30)6-9-18(14)33-19;/h6-9,12-13H,5,10-11H2,1-4H3;1H. The van der Waals surface area contributed by atoms with E-state index in [2.05, 4.69) is 4.90 Å². The van der Waals surface area contributed by atoms with Gasteiger partial charge in [-0.3, -0.25) is 19.8 Å². The fraction of sp³-hybridized carbons (Fsp3) is 0.304. The van der Waals surface area contributed by atoms with Gasteiger partial charge in [-0.05, 0) is 51.3 Å². The lowest BCUT2D eigenvalue weighted by atomic mass is 10.2. The van der Waals surface area contributed by atoms with Gasteiger partial charge >= 0.3 is 0 Å². The van der Waals surface area contributed by atoms with Gasteiger partial charge in [0.15, 0.2) is 5.13 Å². The molecule has 0 unspecified atom stereocenters. The molecule has 1 amide bonds. The minimum Gasteiger partial charge on any atom is -0.495 e.